The third kappa shape index (κ3) is 2.09. The van der Waals surface area contributed by atoms with E-state index in [9.17, 15) is 0 Å². The van der Waals surface area contributed by atoms with Crippen molar-refractivity contribution >= 4 is 11.0 Å². The van der Waals surface area contributed by atoms with Crippen molar-refractivity contribution in [2.75, 3.05) is 0 Å². The van der Waals surface area contributed by atoms with E-state index in [0.717, 1.165) is 41.3 Å². The molecule has 0 aliphatic rings. The summed E-state index contributed by atoms with van der Waals surface area (Å²) in [4.78, 5) is 4.74. The Bertz CT molecular complexity index is 848. The molecule has 0 saturated heterocycles. The first kappa shape index (κ1) is 13.4. The molecular weight excluding hydrogens is 262 g/mol. The second-order valence-corrected chi connectivity index (χ2v) is 4.98. The third-order valence-electron chi connectivity index (χ3n) is 3.62. The summed E-state index contributed by atoms with van der Waals surface area (Å²) in [6.45, 7) is 7.79. The van der Waals surface area contributed by atoms with Gasteiger partial charge in [0.15, 0.2) is 5.82 Å². The standard InChI is InChI=1S/C16H17N5/c1-4-20-14-7-6-12(10-17)9-13(14)18-16(20)15-8-11(3)19-21(15)5-2/h6-9H,4-5H2,1-3H3. The van der Waals surface area contributed by atoms with Crippen LogP contribution < -0.4 is 0 Å². The summed E-state index contributed by atoms with van der Waals surface area (Å²) in [7, 11) is 0. The molecule has 0 saturated carbocycles. The van der Waals surface area contributed by atoms with Crippen molar-refractivity contribution in [2.45, 2.75) is 33.9 Å². The van der Waals surface area contributed by atoms with Crippen molar-refractivity contribution in [1.82, 2.24) is 19.3 Å². The summed E-state index contributed by atoms with van der Waals surface area (Å²) in [6, 6.07) is 9.86. The Morgan fingerprint density at radius 3 is 2.67 bits per heavy atom. The molecule has 0 amide bonds. The van der Waals surface area contributed by atoms with Crippen molar-refractivity contribution in [3.8, 4) is 17.6 Å². The molecule has 3 aromatic rings. The van der Waals surface area contributed by atoms with Gasteiger partial charge < -0.3 is 4.57 Å². The van der Waals surface area contributed by atoms with E-state index in [1.807, 2.05) is 29.8 Å². The van der Waals surface area contributed by atoms with Gasteiger partial charge in [0.2, 0.25) is 0 Å². The van der Waals surface area contributed by atoms with Crippen LogP contribution in [-0.2, 0) is 13.1 Å². The molecule has 0 unspecified atom stereocenters. The van der Waals surface area contributed by atoms with Crippen LogP contribution in [0.25, 0.3) is 22.6 Å². The molecule has 0 radical (unpaired) electrons. The molecule has 2 aromatic heterocycles. The van der Waals surface area contributed by atoms with E-state index in [1.165, 1.54) is 0 Å². The lowest BCUT2D eigenvalue weighted by Crippen LogP contribution is -2.04. The number of hydrogen-bond donors (Lipinski definition) is 0. The van der Waals surface area contributed by atoms with Crippen molar-refractivity contribution in [3.05, 3.63) is 35.5 Å². The summed E-state index contributed by atoms with van der Waals surface area (Å²) in [5.74, 6) is 0.907. The zero-order valence-corrected chi connectivity index (χ0v) is 12.5. The van der Waals surface area contributed by atoms with E-state index in [-0.39, 0.29) is 0 Å². The molecular formula is C16H17N5. The van der Waals surface area contributed by atoms with Crippen LogP contribution in [0.1, 0.15) is 25.1 Å². The summed E-state index contributed by atoms with van der Waals surface area (Å²) in [6.07, 6.45) is 0. The Hall–Kier alpha value is -2.61. The van der Waals surface area contributed by atoms with Crippen LogP contribution in [0.15, 0.2) is 24.3 Å². The van der Waals surface area contributed by atoms with Crippen LogP contribution in [0, 0.1) is 18.3 Å². The lowest BCUT2D eigenvalue weighted by Gasteiger charge is -2.07. The monoisotopic (exact) mass is 279 g/mol. The number of benzene rings is 1. The maximum absolute atomic E-state index is 9.03. The van der Waals surface area contributed by atoms with Crippen molar-refractivity contribution in [1.29, 1.82) is 5.26 Å². The first-order valence-corrected chi connectivity index (χ1v) is 7.13. The minimum absolute atomic E-state index is 0.634. The largest absolute Gasteiger partial charge is 0.323 e. The Morgan fingerprint density at radius 2 is 2.00 bits per heavy atom. The van der Waals surface area contributed by atoms with E-state index < -0.39 is 0 Å². The molecule has 0 atom stereocenters. The van der Waals surface area contributed by atoms with Crippen molar-refractivity contribution in [2.24, 2.45) is 0 Å². The van der Waals surface area contributed by atoms with E-state index >= 15 is 0 Å². The molecule has 3 rings (SSSR count). The minimum atomic E-state index is 0.634. The summed E-state index contributed by atoms with van der Waals surface area (Å²) >= 11 is 0. The van der Waals surface area contributed by atoms with Gasteiger partial charge in [0.25, 0.3) is 0 Å². The molecule has 5 nitrogen and oxygen atoms in total. The third-order valence-corrected chi connectivity index (χ3v) is 3.62. The number of nitrogens with zero attached hydrogens (tertiary/aromatic N) is 5. The topological polar surface area (TPSA) is 59.4 Å². The number of imidazole rings is 1. The van der Waals surface area contributed by atoms with Crippen LogP contribution in [0.5, 0.6) is 0 Å². The first-order chi connectivity index (χ1) is 10.2. The molecule has 106 valence electrons. The average Bonchev–Trinajstić information content (AvgIpc) is 3.05. The highest BCUT2D eigenvalue weighted by Crippen LogP contribution is 2.26. The second-order valence-electron chi connectivity index (χ2n) is 4.98. The highest BCUT2D eigenvalue weighted by Gasteiger charge is 2.16. The van der Waals surface area contributed by atoms with E-state index in [1.54, 1.807) is 0 Å². The Balaban J connectivity index is 2.29. The molecule has 0 aliphatic heterocycles. The maximum Gasteiger partial charge on any atom is 0.159 e. The van der Waals surface area contributed by atoms with Gasteiger partial charge >= 0.3 is 0 Å². The second kappa shape index (κ2) is 5.06. The maximum atomic E-state index is 9.03. The molecule has 0 bridgehead atoms. The fraction of sp³-hybridized carbons (Fsp3) is 0.312. The molecule has 0 N–H and O–H groups in total. The fourth-order valence-electron chi connectivity index (χ4n) is 2.68. The smallest absolute Gasteiger partial charge is 0.159 e. The zero-order valence-electron chi connectivity index (χ0n) is 12.5. The first-order valence-electron chi connectivity index (χ1n) is 7.13. The normalized spacial score (nSPS) is 11.0. The Morgan fingerprint density at radius 1 is 1.19 bits per heavy atom. The molecule has 0 spiro atoms. The lowest BCUT2D eigenvalue weighted by atomic mass is 10.2. The highest BCUT2D eigenvalue weighted by atomic mass is 15.3. The summed E-state index contributed by atoms with van der Waals surface area (Å²) in [5, 5.41) is 13.5. The number of hydrogen-bond acceptors (Lipinski definition) is 3. The van der Waals surface area contributed by atoms with Crippen LogP contribution in [0.4, 0.5) is 0 Å². The van der Waals surface area contributed by atoms with E-state index in [4.69, 9.17) is 10.2 Å². The van der Waals surface area contributed by atoms with Gasteiger partial charge in [-0.3, -0.25) is 4.68 Å². The molecule has 1 aromatic carbocycles. The van der Waals surface area contributed by atoms with Gasteiger partial charge in [-0.25, -0.2) is 4.98 Å². The number of fused-ring (bicyclic) bond motifs is 1. The van der Waals surface area contributed by atoms with E-state index in [2.05, 4.69) is 35.6 Å². The van der Waals surface area contributed by atoms with Gasteiger partial charge in [-0.1, -0.05) is 0 Å². The van der Waals surface area contributed by atoms with Crippen molar-refractivity contribution < 1.29 is 0 Å². The van der Waals surface area contributed by atoms with Gasteiger partial charge in [-0.15, -0.1) is 0 Å². The summed E-state index contributed by atoms with van der Waals surface area (Å²) < 4.78 is 4.13. The van der Waals surface area contributed by atoms with E-state index in [0.29, 0.717) is 5.56 Å². The Labute approximate surface area is 123 Å². The van der Waals surface area contributed by atoms with Gasteiger partial charge in [-0.2, -0.15) is 10.4 Å². The van der Waals surface area contributed by atoms with Crippen LogP contribution in [0.2, 0.25) is 0 Å². The number of aromatic nitrogens is 4. The molecule has 21 heavy (non-hydrogen) atoms. The zero-order chi connectivity index (χ0) is 15.0. The predicted octanol–water partition coefficient (Wildman–Crippen LogP) is 3.12. The molecule has 5 heteroatoms. The lowest BCUT2D eigenvalue weighted by molar-refractivity contribution is 0.651. The average molecular weight is 279 g/mol. The number of rotatable bonds is 3. The number of nitriles is 1. The van der Waals surface area contributed by atoms with Crippen LogP contribution >= 0.6 is 0 Å². The summed E-state index contributed by atoms with van der Waals surface area (Å²) in [5.41, 5.74) is 4.54. The van der Waals surface area contributed by atoms with Crippen LogP contribution in [0.3, 0.4) is 0 Å². The van der Waals surface area contributed by atoms with Crippen molar-refractivity contribution in [3.63, 3.8) is 0 Å². The fourth-order valence-corrected chi connectivity index (χ4v) is 2.68. The molecule has 0 aliphatic carbocycles. The number of aryl methyl sites for hydroxylation is 3. The van der Waals surface area contributed by atoms with Gasteiger partial charge in [0.05, 0.1) is 28.4 Å². The van der Waals surface area contributed by atoms with Crippen LogP contribution in [-0.4, -0.2) is 19.3 Å². The highest BCUT2D eigenvalue weighted by molar-refractivity contribution is 5.81. The minimum Gasteiger partial charge on any atom is -0.323 e. The molecule has 0 fully saturated rings. The quantitative estimate of drug-likeness (QED) is 0.740. The Kier molecular flexibility index (Phi) is 3.22. The van der Waals surface area contributed by atoms with Gasteiger partial charge in [0.1, 0.15) is 5.69 Å². The molecule has 2 heterocycles. The van der Waals surface area contributed by atoms with Gasteiger partial charge in [0, 0.05) is 13.1 Å². The SMILES string of the molecule is CCn1nc(C)cc1-c1nc2cc(C#N)ccc2n1CC. The van der Waals surface area contributed by atoms with Gasteiger partial charge in [-0.05, 0) is 45.0 Å². The predicted molar refractivity (Wildman–Crippen MR) is 81.8 cm³/mol.